The quantitative estimate of drug-likeness (QED) is 0.342. The van der Waals surface area contributed by atoms with E-state index in [-0.39, 0.29) is 18.3 Å². The van der Waals surface area contributed by atoms with Gasteiger partial charge in [-0.15, -0.1) is 0 Å². The molecule has 4 heteroatoms. The standard InChI is InChI=1S/C17H28F2O2/c1-6-21-16(20)12-14(3)9-7-8-13(2)10-11-15(18)17(4,5)19/h7,9,12-13,15H,6,8,10-11H2,1-5H3. The van der Waals surface area contributed by atoms with Crippen LogP contribution in [0.2, 0.25) is 0 Å². The van der Waals surface area contributed by atoms with Crippen molar-refractivity contribution in [1.82, 2.24) is 0 Å². The molecule has 0 spiro atoms. The zero-order chi connectivity index (χ0) is 16.5. The van der Waals surface area contributed by atoms with Gasteiger partial charge in [-0.2, -0.15) is 0 Å². The first-order chi connectivity index (χ1) is 9.66. The fourth-order valence-electron chi connectivity index (χ4n) is 1.80. The van der Waals surface area contributed by atoms with Crippen molar-refractivity contribution in [2.45, 2.75) is 65.7 Å². The van der Waals surface area contributed by atoms with Crippen LogP contribution >= 0.6 is 0 Å². The van der Waals surface area contributed by atoms with Crippen molar-refractivity contribution in [1.29, 1.82) is 0 Å². The van der Waals surface area contributed by atoms with E-state index in [0.717, 1.165) is 12.0 Å². The maximum Gasteiger partial charge on any atom is 0.330 e. The average molecular weight is 302 g/mol. The van der Waals surface area contributed by atoms with Gasteiger partial charge in [0.05, 0.1) is 6.61 Å². The number of hydrogen-bond acceptors (Lipinski definition) is 2. The molecule has 0 aliphatic heterocycles. The van der Waals surface area contributed by atoms with E-state index in [1.165, 1.54) is 19.9 Å². The molecule has 0 aromatic heterocycles. The number of rotatable bonds is 9. The van der Waals surface area contributed by atoms with Crippen molar-refractivity contribution >= 4 is 5.97 Å². The Morgan fingerprint density at radius 2 is 1.95 bits per heavy atom. The molecule has 2 unspecified atom stereocenters. The van der Waals surface area contributed by atoms with Crippen molar-refractivity contribution < 1.29 is 18.3 Å². The second kappa shape index (κ2) is 9.69. The van der Waals surface area contributed by atoms with Gasteiger partial charge >= 0.3 is 5.97 Å². The van der Waals surface area contributed by atoms with E-state index in [1.807, 2.05) is 26.0 Å². The first-order valence-electron chi connectivity index (χ1n) is 7.51. The molecule has 0 aliphatic rings. The van der Waals surface area contributed by atoms with Crippen molar-refractivity contribution in [3.05, 3.63) is 23.8 Å². The predicted octanol–water partition coefficient (Wildman–Crippen LogP) is 4.94. The summed E-state index contributed by atoms with van der Waals surface area (Å²) in [5.74, 6) is -0.0737. The highest BCUT2D eigenvalue weighted by Gasteiger charge is 2.28. The maximum absolute atomic E-state index is 13.5. The Labute approximate surface area is 127 Å². The minimum Gasteiger partial charge on any atom is -0.463 e. The lowest BCUT2D eigenvalue weighted by Crippen LogP contribution is -2.27. The molecule has 0 aromatic carbocycles. The number of hydrogen-bond donors (Lipinski definition) is 0. The van der Waals surface area contributed by atoms with Crippen molar-refractivity contribution in [2.75, 3.05) is 6.61 Å². The Hall–Kier alpha value is -1.19. The van der Waals surface area contributed by atoms with Gasteiger partial charge in [-0.3, -0.25) is 0 Å². The van der Waals surface area contributed by atoms with Crippen LogP contribution in [0.4, 0.5) is 8.78 Å². The average Bonchev–Trinajstić information content (AvgIpc) is 2.34. The van der Waals surface area contributed by atoms with Crippen LogP contribution in [0.25, 0.3) is 0 Å². The van der Waals surface area contributed by atoms with E-state index in [1.54, 1.807) is 6.92 Å². The molecule has 0 amide bonds. The Balaban J connectivity index is 4.10. The van der Waals surface area contributed by atoms with Crippen LogP contribution in [0.5, 0.6) is 0 Å². The van der Waals surface area contributed by atoms with Gasteiger partial charge in [0.25, 0.3) is 0 Å². The largest absolute Gasteiger partial charge is 0.463 e. The number of esters is 1. The second-order valence-electron chi connectivity index (χ2n) is 5.99. The lowest BCUT2D eigenvalue weighted by atomic mass is 9.94. The molecule has 2 atom stereocenters. The van der Waals surface area contributed by atoms with Crippen LogP contribution in [0, 0.1) is 5.92 Å². The van der Waals surface area contributed by atoms with Crippen LogP contribution in [0.15, 0.2) is 23.8 Å². The molecule has 0 rings (SSSR count). The third-order valence-electron chi connectivity index (χ3n) is 3.21. The Kier molecular flexibility index (Phi) is 9.14. The van der Waals surface area contributed by atoms with Crippen LogP contribution in [0.3, 0.4) is 0 Å². The van der Waals surface area contributed by atoms with Gasteiger partial charge in [0.1, 0.15) is 11.8 Å². The van der Waals surface area contributed by atoms with Gasteiger partial charge in [-0.25, -0.2) is 13.6 Å². The highest BCUT2D eigenvalue weighted by Crippen LogP contribution is 2.24. The SMILES string of the molecule is CCOC(=O)C=C(C)C=CCC(C)CCC(F)C(C)(C)F. The highest BCUT2D eigenvalue weighted by molar-refractivity contribution is 5.83. The predicted molar refractivity (Wildman–Crippen MR) is 82.6 cm³/mol. The number of allylic oxidation sites excluding steroid dienone is 3. The summed E-state index contributed by atoms with van der Waals surface area (Å²) in [5, 5.41) is 0. The van der Waals surface area contributed by atoms with E-state index in [4.69, 9.17) is 4.74 Å². The normalized spacial score (nSPS) is 16.0. The summed E-state index contributed by atoms with van der Waals surface area (Å²) in [6, 6.07) is 0. The molecule has 0 aliphatic carbocycles. The minimum absolute atomic E-state index is 0.232. The van der Waals surface area contributed by atoms with E-state index in [0.29, 0.717) is 13.0 Å². The molecule has 0 saturated heterocycles. The monoisotopic (exact) mass is 302 g/mol. The van der Waals surface area contributed by atoms with Crippen molar-refractivity contribution in [3.8, 4) is 0 Å². The topological polar surface area (TPSA) is 26.3 Å². The highest BCUT2D eigenvalue weighted by atomic mass is 19.2. The van der Waals surface area contributed by atoms with E-state index < -0.39 is 11.8 Å². The van der Waals surface area contributed by atoms with Gasteiger partial charge in [-0.1, -0.05) is 19.1 Å². The smallest absolute Gasteiger partial charge is 0.330 e. The summed E-state index contributed by atoms with van der Waals surface area (Å²) in [7, 11) is 0. The number of ether oxygens (including phenoxy) is 1. The summed E-state index contributed by atoms with van der Waals surface area (Å²) < 4.78 is 31.6. The maximum atomic E-state index is 13.5. The van der Waals surface area contributed by atoms with Gasteiger partial charge in [0.15, 0.2) is 0 Å². The van der Waals surface area contributed by atoms with Crippen molar-refractivity contribution in [2.24, 2.45) is 5.92 Å². The first kappa shape index (κ1) is 19.8. The first-order valence-corrected chi connectivity index (χ1v) is 7.51. The molecule has 0 bridgehead atoms. The Bertz CT molecular complexity index is 367. The molecule has 0 N–H and O–H groups in total. The number of halogens is 2. The molecule has 0 saturated carbocycles. The fourth-order valence-corrected chi connectivity index (χ4v) is 1.80. The van der Waals surface area contributed by atoms with Crippen molar-refractivity contribution in [3.63, 3.8) is 0 Å². The van der Waals surface area contributed by atoms with E-state index >= 15 is 0 Å². The van der Waals surface area contributed by atoms with Crippen LogP contribution in [-0.4, -0.2) is 24.4 Å². The summed E-state index contributed by atoms with van der Waals surface area (Å²) in [6.45, 7) is 8.49. The summed E-state index contributed by atoms with van der Waals surface area (Å²) in [4.78, 5) is 11.2. The lowest BCUT2D eigenvalue weighted by molar-refractivity contribution is -0.137. The molecule has 0 aromatic rings. The molecule has 2 nitrogen and oxygen atoms in total. The van der Waals surface area contributed by atoms with Gasteiger partial charge in [0, 0.05) is 6.08 Å². The minimum atomic E-state index is -1.77. The summed E-state index contributed by atoms with van der Waals surface area (Å²) in [6.07, 6.45) is 5.45. The van der Waals surface area contributed by atoms with E-state index in [2.05, 4.69) is 0 Å². The third-order valence-corrected chi connectivity index (χ3v) is 3.21. The van der Waals surface area contributed by atoms with E-state index in [9.17, 15) is 13.6 Å². The number of carbonyl (C=O) groups excluding carboxylic acids is 1. The third kappa shape index (κ3) is 10.2. The summed E-state index contributed by atoms with van der Waals surface area (Å²) >= 11 is 0. The second-order valence-corrected chi connectivity index (χ2v) is 5.99. The molecule has 0 fully saturated rings. The zero-order valence-electron chi connectivity index (χ0n) is 13.8. The molecular formula is C17H28F2O2. The summed E-state index contributed by atoms with van der Waals surface area (Å²) in [5.41, 5.74) is -0.956. The van der Waals surface area contributed by atoms with Gasteiger partial charge in [-0.05, 0) is 58.4 Å². The number of alkyl halides is 2. The molecule has 21 heavy (non-hydrogen) atoms. The van der Waals surface area contributed by atoms with Gasteiger partial charge in [0.2, 0.25) is 0 Å². The molecular weight excluding hydrogens is 274 g/mol. The molecule has 122 valence electrons. The van der Waals surface area contributed by atoms with Crippen LogP contribution in [-0.2, 0) is 9.53 Å². The Morgan fingerprint density at radius 1 is 1.33 bits per heavy atom. The Morgan fingerprint density at radius 3 is 2.48 bits per heavy atom. The fraction of sp³-hybridized carbons (Fsp3) is 0.706. The van der Waals surface area contributed by atoms with Gasteiger partial charge < -0.3 is 4.74 Å². The van der Waals surface area contributed by atoms with Crippen LogP contribution < -0.4 is 0 Å². The van der Waals surface area contributed by atoms with Crippen LogP contribution in [0.1, 0.15) is 53.9 Å². The number of carbonyl (C=O) groups is 1. The molecule has 0 radical (unpaired) electrons. The molecule has 0 heterocycles. The lowest BCUT2D eigenvalue weighted by Gasteiger charge is -2.20. The zero-order valence-corrected chi connectivity index (χ0v) is 13.8.